The number of hydrogen-bond acceptors (Lipinski definition) is 10. The molecule has 1 aliphatic carbocycles. The highest BCUT2D eigenvalue weighted by Crippen LogP contribution is 2.47. The summed E-state index contributed by atoms with van der Waals surface area (Å²) in [4.78, 5) is 49.0. The lowest BCUT2D eigenvalue weighted by molar-refractivity contribution is -0.166. The second-order valence-electron chi connectivity index (χ2n) is 19.5. The normalized spacial score (nSPS) is 24.8. The Morgan fingerprint density at radius 3 is 2.54 bits per heavy atom. The Balaban J connectivity index is 1.37. The van der Waals surface area contributed by atoms with Crippen molar-refractivity contribution in [2.45, 2.75) is 117 Å². The van der Waals surface area contributed by atoms with Crippen LogP contribution in [-0.4, -0.2) is 107 Å². The van der Waals surface area contributed by atoms with Gasteiger partial charge in [-0.25, -0.2) is 5.43 Å². The van der Waals surface area contributed by atoms with Gasteiger partial charge in [-0.05, 0) is 131 Å². The number of nitrogens with zero attached hydrogens (tertiary/aromatic N) is 3. The average Bonchev–Trinajstić information content (AvgIpc) is 3.37. The van der Waals surface area contributed by atoms with E-state index in [1.54, 1.807) is 33.2 Å². The van der Waals surface area contributed by atoms with Crippen molar-refractivity contribution >= 4 is 28.9 Å². The van der Waals surface area contributed by atoms with Crippen LogP contribution in [0.15, 0.2) is 54.9 Å². The number of carbonyl (C=O) groups excluding carboxylic acids is 3. The van der Waals surface area contributed by atoms with Gasteiger partial charge in [0.2, 0.25) is 11.8 Å². The lowest BCUT2D eigenvalue weighted by atomic mass is 9.76. The SMILES string of the molecule is CCC1CCc2ccc3cc2C(=C1c1cnccc1COC)CC(C)(C)COC(O)[C@@H]1CCCN(N1)C(=O)[C@@](C)(NC(=O)C(C(C)C)N(C)C(=O)C1COC1)Cc1cc(O)cc-3c1. The number of likely N-dealkylation sites (N-methyl/N-ethyl adjacent to an activating group) is 1. The number of phenolic OH excluding ortho intramolecular Hbond substituents is 1. The number of hydrazine groups is 1. The lowest BCUT2D eigenvalue weighted by Gasteiger charge is -2.42. The van der Waals surface area contributed by atoms with E-state index in [4.69, 9.17) is 14.2 Å². The summed E-state index contributed by atoms with van der Waals surface area (Å²) in [5.74, 6) is -1.38. The highest BCUT2D eigenvalue weighted by atomic mass is 16.6. The van der Waals surface area contributed by atoms with Crippen molar-refractivity contribution in [1.29, 1.82) is 0 Å². The van der Waals surface area contributed by atoms with Gasteiger partial charge in [0.05, 0.1) is 38.4 Å². The molecule has 3 aromatic rings. The molecule has 1 aromatic heterocycles. The zero-order valence-corrected chi connectivity index (χ0v) is 38.3. The van der Waals surface area contributed by atoms with Gasteiger partial charge < -0.3 is 34.6 Å². The molecule has 0 spiro atoms. The average molecular weight is 866 g/mol. The Hall–Kier alpha value is -4.66. The van der Waals surface area contributed by atoms with Crippen LogP contribution in [0, 0.1) is 23.2 Å². The number of aliphatic hydroxyl groups is 1. The first-order chi connectivity index (χ1) is 30.0. The first kappa shape index (κ1) is 46.3. The van der Waals surface area contributed by atoms with Crippen LogP contribution in [0.4, 0.5) is 0 Å². The molecular weight excluding hydrogens is 799 g/mol. The molecule has 2 fully saturated rings. The van der Waals surface area contributed by atoms with Crippen LogP contribution in [-0.2, 0) is 48.0 Å². The standard InChI is InChI=1S/C50H67N5O8/c1-9-32-12-13-33-14-15-34-22-39(33)40(43(32)41-25-51-17-16-35(41)26-61-8)24-49(4,5)29-63-47(59)42-11-10-18-55(53-42)48(60)50(6,23-31-19-36(34)21-38(56)20-31)52-45(57)44(30(2)3)54(7)46(58)37-27-62-28-37/h14-17,19-22,25,30,32,37,42,44,47,53,56,59H,9-13,18,23-24,26-29H2,1-8H3,(H,52,57)/t32?,42-,44?,47?,50-/m0/s1. The Morgan fingerprint density at radius 2 is 1.84 bits per heavy atom. The number of allylic oxidation sites excluding steroid dienone is 2. The van der Waals surface area contributed by atoms with Crippen molar-refractivity contribution < 1.29 is 38.8 Å². The van der Waals surface area contributed by atoms with Gasteiger partial charge in [0.15, 0.2) is 6.29 Å². The van der Waals surface area contributed by atoms with Crippen molar-refractivity contribution in [2.24, 2.45) is 23.2 Å². The van der Waals surface area contributed by atoms with Crippen LogP contribution in [0.2, 0.25) is 0 Å². The number of carbonyl (C=O) groups is 3. The maximum absolute atomic E-state index is 15.0. The number of rotatable bonds is 9. The summed E-state index contributed by atoms with van der Waals surface area (Å²) in [5.41, 5.74) is 10.5. The fourth-order valence-corrected chi connectivity index (χ4v) is 10.1. The van der Waals surface area contributed by atoms with E-state index in [1.165, 1.54) is 26.6 Å². The van der Waals surface area contributed by atoms with E-state index in [9.17, 15) is 24.6 Å². The van der Waals surface area contributed by atoms with Gasteiger partial charge in [-0.3, -0.25) is 24.4 Å². The molecule has 13 heteroatoms. The Bertz CT molecular complexity index is 2200. The topological polar surface area (TPSA) is 163 Å². The lowest BCUT2D eigenvalue weighted by Crippen LogP contribution is -2.67. The summed E-state index contributed by atoms with van der Waals surface area (Å²) < 4.78 is 17.4. The van der Waals surface area contributed by atoms with Crippen molar-refractivity contribution in [3.05, 3.63) is 82.7 Å². The van der Waals surface area contributed by atoms with E-state index in [0.717, 1.165) is 47.1 Å². The molecule has 4 heterocycles. The number of phenols is 1. The minimum absolute atomic E-state index is 0.0235. The van der Waals surface area contributed by atoms with Gasteiger partial charge in [0.1, 0.15) is 17.3 Å². The number of hydrogen-bond donors (Lipinski definition) is 4. The molecule has 340 valence electrons. The molecule has 6 bridgehead atoms. The number of benzene rings is 2. The van der Waals surface area contributed by atoms with E-state index in [1.807, 2.05) is 38.4 Å². The molecule has 0 radical (unpaired) electrons. The molecular formula is C50H67N5O8. The third-order valence-corrected chi connectivity index (χ3v) is 13.4. The highest BCUT2D eigenvalue weighted by Gasteiger charge is 2.45. The van der Waals surface area contributed by atoms with Crippen LogP contribution >= 0.6 is 0 Å². The van der Waals surface area contributed by atoms with Gasteiger partial charge in [-0.1, -0.05) is 52.8 Å². The summed E-state index contributed by atoms with van der Waals surface area (Å²) in [6.45, 7) is 13.6. The van der Waals surface area contributed by atoms with Gasteiger partial charge in [-0.15, -0.1) is 0 Å². The third-order valence-electron chi connectivity index (χ3n) is 13.4. The second kappa shape index (κ2) is 19.2. The minimum Gasteiger partial charge on any atom is -0.508 e. The molecule has 13 nitrogen and oxygen atoms in total. The quantitative estimate of drug-likeness (QED) is 0.192. The van der Waals surface area contributed by atoms with Gasteiger partial charge in [0.25, 0.3) is 5.91 Å². The van der Waals surface area contributed by atoms with Gasteiger partial charge in [0, 0.05) is 45.1 Å². The van der Waals surface area contributed by atoms with Gasteiger partial charge in [-0.2, -0.15) is 0 Å². The molecule has 3 unspecified atom stereocenters. The zero-order chi connectivity index (χ0) is 45.2. The zero-order valence-electron chi connectivity index (χ0n) is 38.3. The molecule has 4 aliphatic rings. The van der Waals surface area contributed by atoms with Crippen LogP contribution in [0.25, 0.3) is 22.3 Å². The summed E-state index contributed by atoms with van der Waals surface area (Å²) in [6, 6.07) is 12.4. The number of aliphatic hydroxyl groups excluding tert-OH is 1. The van der Waals surface area contributed by atoms with E-state index < -0.39 is 41.1 Å². The van der Waals surface area contributed by atoms with Gasteiger partial charge >= 0.3 is 0 Å². The monoisotopic (exact) mass is 865 g/mol. The summed E-state index contributed by atoms with van der Waals surface area (Å²) in [5, 5.41) is 27.7. The largest absolute Gasteiger partial charge is 0.508 e. The number of ether oxygens (including phenoxy) is 3. The third kappa shape index (κ3) is 10.0. The van der Waals surface area contributed by atoms with Crippen LogP contribution < -0.4 is 10.7 Å². The first-order valence-corrected chi connectivity index (χ1v) is 22.7. The predicted molar refractivity (Wildman–Crippen MR) is 242 cm³/mol. The number of aryl methyl sites for hydroxylation is 1. The Kier molecular flexibility index (Phi) is 14.1. The van der Waals surface area contributed by atoms with Crippen molar-refractivity contribution in [3.8, 4) is 16.9 Å². The van der Waals surface area contributed by atoms with Crippen LogP contribution in [0.5, 0.6) is 5.75 Å². The van der Waals surface area contributed by atoms with Crippen LogP contribution in [0.1, 0.15) is 101 Å². The maximum atomic E-state index is 15.0. The maximum Gasteiger partial charge on any atom is 0.262 e. The minimum atomic E-state index is -1.55. The molecule has 3 aliphatic heterocycles. The van der Waals surface area contributed by atoms with E-state index in [2.05, 4.69) is 54.7 Å². The highest BCUT2D eigenvalue weighted by molar-refractivity contribution is 5.96. The van der Waals surface area contributed by atoms with Crippen molar-refractivity contribution in [2.75, 3.05) is 40.5 Å². The van der Waals surface area contributed by atoms with Crippen molar-refractivity contribution in [1.82, 2.24) is 25.6 Å². The molecule has 3 amide bonds. The molecule has 5 atom stereocenters. The van der Waals surface area contributed by atoms with E-state index in [-0.39, 0.29) is 42.4 Å². The van der Waals surface area contributed by atoms with Crippen molar-refractivity contribution in [3.63, 3.8) is 0 Å². The predicted octanol–water partition coefficient (Wildman–Crippen LogP) is 6.29. The Morgan fingerprint density at radius 1 is 1.06 bits per heavy atom. The summed E-state index contributed by atoms with van der Waals surface area (Å²) in [7, 11) is 3.34. The fraction of sp³-hybridized carbons (Fsp3) is 0.560. The number of aromatic nitrogens is 1. The number of nitrogens with one attached hydrogen (secondary N) is 2. The molecule has 7 rings (SSSR count). The number of amides is 3. The molecule has 4 N–H and O–H groups in total. The van der Waals surface area contributed by atoms with Crippen LogP contribution in [0.3, 0.4) is 0 Å². The number of methoxy groups -OCH3 is 1. The fourth-order valence-electron chi connectivity index (χ4n) is 10.1. The molecule has 2 aromatic carbocycles. The van der Waals surface area contributed by atoms with E-state index >= 15 is 0 Å². The number of fused-ring (bicyclic) bond motifs is 6. The van der Waals surface area contributed by atoms with E-state index in [0.29, 0.717) is 51.2 Å². The molecule has 63 heavy (non-hydrogen) atoms. The number of aromatic hydroxyl groups is 1. The Labute approximate surface area is 372 Å². The smallest absolute Gasteiger partial charge is 0.262 e. The molecule has 2 saturated heterocycles. The summed E-state index contributed by atoms with van der Waals surface area (Å²) in [6.07, 6.45) is 7.12. The second-order valence-corrected chi connectivity index (χ2v) is 19.5. The molecule has 0 saturated carbocycles. The first-order valence-electron chi connectivity index (χ1n) is 22.7. The number of pyridine rings is 1. The summed E-state index contributed by atoms with van der Waals surface area (Å²) >= 11 is 0.